The molecule has 5 rings (SSSR count). The number of aromatic nitrogens is 2. The fraction of sp³-hybridized carbons (Fsp3) is 0.107. The van der Waals surface area contributed by atoms with Crippen molar-refractivity contribution in [2.24, 2.45) is 0 Å². The molecule has 37 heavy (non-hydrogen) atoms. The van der Waals surface area contributed by atoms with E-state index in [1.54, 1.807) is 48.5 Å². The van der Waals surface area contributed by atoms with Crippen LogP contribution in [0.1, 0.15) is 32.1 Å². The first kappa shape index (κ1) is 23.7. The van der Waals surface area contributed by atoms with Crippen LogP contribution in [0.25, 0.3) is 0 Å². The van der Waals surface area contributed by atoms with Gasteiger partial charge in [0.15, 0.2) is 0 Å². The molecular formula is C28H24N6O3. The zero-order valence-electron chi connectivity index (χ0n) is 20.3. The van der Waals surface area contributed by atoms with Gasteiger partial charge in [-0.1, -0.05) is 29.8 Å². The van der Waals surface area contributed by atoms with E-state index in [9.17, 15) is 14.4 Å². The summed E-state index contributed by atoms with van der Waals surface area (Å²) < 4.78 is 0. The number of fused-ring (bicyclic) bond motifs is 1. The standard InChI is InChI=1S/C28H24N6O3/c1-17-7-9-19(10-8-17)31-24-15-25(30-18(2)29-24)32-20-11-13-21(14-12-20)33-26(35)16-34-27(36)22-5-3-4-6-23(22)28(34)37/h3-15H,16H2,1-2H3,(H,33,35)(H2,29,30,31,32). The lowest BCUT2D eigenvalue weighted by molar-refractivity contribution is -0.116. The number of aryl methyl sites for hydroxylation is 2. The lowest BCUT2D eigenvalue weighted by Crippen LogP contribution is -2.37. The number of carbonyl (C=O) groups excluding carboxylic acids is 3. The number of hydrogen-bond acceptors (Lipinski definition) is 7. The molecule has 1 aliphatic rings. The normalized spacial score (nSPS) is 12.3. The van der Waals surface area contributed by atoms with Gasteiger partial charge >= 0.3 is 0 Å². The van der Waals surface area contributed by atoms with Crippen molar-refractivity contribution >= 4 is 46.4 Å². The van der Waals surface area contributed by atoms with Crippen molar-refractivity contribution in [2.45, 2.75) is 13.8 Å². The molecule has 0 unspecified atom stereocenters. The highest BCUT2D eigenvalue weighted by Crippen LogP contribution is 2.24. The Labute approximate surface area is 213 Å². The van der Waals surface area contributed by atoms with E-state index in [1.807, 2.05) is 44.2 Å². The molecule has 0 radical (unpaired) electrons. The lowest BCUT2D eigenvalue weighted by atomic mass is 10.1. The van der Waals surface area contributed by atoms with Crippen LogP contribution in [-0.2, 0) is 4.79 Å². The van der Waals surface area contributed by atoms with E-state index < -0.39 is 17.7 Å². The molecule has 9 heteroatoms. The molecule has 3 N–H and O–H groups in total. The topological polar surface area (TPSA) is 116 Å². The van der Waals surface area contributed by atoms with E-state index >= 15 is 0 Å². The van der Waals surface area contributed by atoms with Crippen LogP contribution in [0.3, 0.4) is 0 Å². The summed E-state index contributed by atoms with van der Waals surface area (Å²) >= 11 is 0. The molecule has 0 bridgehead atoms. The summed E-state index contributed by atoms with van der Waals surface area (Å²) in [6, 6.07) is 23.4. The minimum absolute atomic E-state index is 0.313. The molecule has 0 saturated heterocycles. The fourth-order valence-electron chi connectivity index (χ4n) is 3.99. The molecule has 3 aromatic carbocycles. The highest BCUT2D eigenvalue weighted by molar-refractivity contribution is 6.22. The first-order valence-corrected chi connectivity index (χ1v) is 11.7. The third kappa shape index (κ3) is 5.30. The number of benzene rings is 3. The van der Waals surface area contributed by atoms with Crippen molar-refractivity contribution < 1.29 is 14.4 Å². The fourth-order valence-corrected chi connectivity index (χ4v) is 3.99. The average Bonchev–Trinajstić information content (AvgIpc) is 3.11. The minimum atomic E-state index is -0.466. The zero-order valence-corrected chi connectivity index (χ0v) is 20.3. The Kier molecular flexibility index (Phi) is 6.34. The van der Waals surface area contributed by atoms with Crippen molar-refractivity contribution in [3.8, 4) is 0 Å². The van der Waals surface area contributed by atoms with Gasteiger partial charge in [0, 0.05) is 23.1 Å². The van der Waals surface area contributed by atoms with Crippen LogP contribution >= 0.6 is 0 Å². The average molecular weight is 493 g/mol. The molecule has 0 fully saturated rings. The van der Waals surface area contributed by atoms with Crippen molar-refractivity contribution in [3.05, 3.63) is 101 Å². The van der Waals surface area contributed by atoms with Crippen LogP contribution in [-0.4, -0.2) is 39.1 Å². The summed E-state index contributed by atoms with van der Waals surface area (Å²) in [5.74, 6) is 0.490. The largest absolute Gasteiger partial charge is 0.340 e. The van der Waals surface area contributed by atoms with Gasteiger partial charge in [-0.05, 0) is 62.4 Å². The van der Waals surface area contributed by atoms with Crippen LogP contribution < -0.4 is 16.0 Å². The Balaban J connectivity index is 1.20. The molecule has 184 valence electrons. The second-order valence-corrected chi connectivity index (χ2v) is 8.67. The molecule has 0 spiro atoms. The third-order valence-electron chi connectivity index (χ3n) is 5.78. The van der Waals surface area contributed by atoms with Crippen LogP contribution in [0.4, 0.5) is 28.7 Å². The maximum Gasteiger partial charge on any atom is 0.262 e. The summed E-state index contributed by atoms with van der Waals surface area (Å²) in [6.45, 7) is 3.49. The number of imide groups is 1. The van der Waals surface area contributed by atoms with E-state index in [0.29, 0.717) is 34.3 Å². The van der Waals surface area contributed by atoms with Crippen LogP contribution in [0.2, 0.25) is 0 Å². The van der Waals surface area contributed by atoms with Gasteiger partial charge in [-0.2, -0.15) is 0 Å². The molecule has 0 saturated carbocycles. The second kappa shape index (κ2) is 9.90. The van der Waals surface area contributed by atoms with Gasteiger partial charge in [0.25, 0.3) is 11.8 Å². The Morgan fingerprint density at radius 1 is 0.730 bits per heavy atom. The highest BCUT2D eigenvalue weighted by Gasteiger charge is 2.36. The first-order chi connectivity index (χ1) is 17.9. The predicted molar refractivity (Wildman–Crippen MR) is 141 cm³/mol. The summed E-state index contributed by atoms with van der Waals surface area (Å²) in [6.07, 6.45) is 0. The van der Waals surface area contributed by atoms with Crippen molar-refractivity contribution in [1.82, 2.24) is 14.9 Å². The Morgan fingerprint density at radius 3 is 1.76 bits per heavy atom. The van der Waals surface area contributed by atoms with Crippen LogP contribution in [0.5, 0.6) is 0 Å². The lowest BCUT2D eigenvalue weighted by Gasteiger charge is -2.14. The number of nitrogens with zero attached hydrogens (tertiary/aromatic N) is 3. The van der Waals surface area contributed by atoms with E-state index in [0.717, 1.165) is 16.3 Å². The van der Waals surface area contributed by atoms with Crippen molar-refractivity contribution in [3.63, 3.8) is 0 Å². The van der Waals surface area contributed by atoms with Gasteiger partial charge in [-0.3, -0.25) is 19.3 Å². The quantitative estimate of drug-likeness (QED) is 0.317. The van der Waals surface area contributed by atoms with E-state index in [4.69, 9.17) is 0 Å². The maximum absolute atomic E-state index is 12.5. The van der Waals surface area contributed by atoms with E-state index in [1.165, 1.54) is 5.56 Å². The molecule has 1 aliphatic heterocycles. The number of rotatable bonds is 7. The van der Waals surface area contributed by atoms with Gasteiger partial charge in [0.2, 0.25) is 5.91 Å². The summed E-state index contributed by atoms with van der Waals surface area (Å²) in [4.78, 5) is 47.3. The van der Waals surface area contributed by atoms with Gasteiger partial charge in [0.1, 0.15) is 24.0 Å². The molecular weight excluding hydrogens is 468 g/mol. The SMILES string of the molecule is Cc1ccc(Nc2cc(Nc3ccc(NC(=O)CN4C(=O)c5ccccc5C4=O)cc3)nc(C)n2)cc1. The third-order valence-corrected chi connectivity index (χ3v) is 5.78. The van der Waals surface area contributed by atoms with Gasteiger partial charge < -0.3 is 16.0 Å². The van der Waals surface area contributed by atoms with Gasteiger partial charge in [-0.15, -0.1) is 0 Å². The second-order valence-electron chi connectivity index (χ2n) is 8.67. The van der Waals surface area contributed by atoms with E-state index in [-0.39, 0.29) is 6.54 Å². The Bertz CT molecular complexity index is 1460. The van der Waals surface area contributed by atoms with Crippen LogP contribution in [0.15, 0.2) is 78.9 Å². The number of hydrogen-bond donors (Lipinski definition) is 3. The molecule has 3 amide bonds. The number of nitrogens with one attached hydrogen (secondary N) is 3. The predicted octanol–water partition coefficient (Wildman–Crippen LogP) is 4.82. The molecule has 4 aromatic rings. The summed E-state index contributed by atoms with van der Waals surface area (Å²) in [7, 11) is 0. The summed E-state index contributed by atoms with van der Waals surface area (Å²) in [5, 5.41) is 9.25. The monoisotopic (exact) mass is 492 g/mol. The minimum Gasteiger partial charge on any atom is -0.340 e. The number of anilines is 5. The summed E-state index contributed by atoms with van der Waals surface area (Å²) in [5.41, 5.74) is 4.03. The molecule has 9 nitrogen and oxygen atoms in total. The number of amides is 3. The molecule has 1 aromatic heterocycles. The number of carbonyl (C=O) groups is 3. The van der Waals surface area contributed by atoms with Crippen molar-refractivity contribution in [1.29, 1.82) is 0 Å². The smallest absolute Gasteiger partial charge is 0.262 e. The Hall–Kier alpha value is -5.05. The van der Waals surface area contributed by atoms with Gasteiger partial charge in [0.05, 0.1) is 11.1 Å². The molecule has 2 heterocycles. The Morgan fingerprint density at radius 2 is 1.22 bits per heavy atom. The first-order valence-electron chi connectivity index (χ1n) is 11.7. The molecule has 0 atom stereocenters. The highest BCUT2D eigenvalue weighted by atomic mass is 16.2. The van der Waals surface area contributed by atoms with Gasteiger partial charge in [-0.25, -0.2) is 9.97 Å². The molecule has 0 aliphatic carbocycles. The van der Waals surface area contributed by atoms with E-state index in [2.05, 4.69) is 25.9 Å². The van der Waals surface area contributed by atoms with Crippen LogP contribution in [0, 0.1) is 13.8 Å². The zero-order chi connectivity index (χ0) is 25.9. The maximum atomic E-state index is 12.5. The van der Waals surface area contributed by atoms with Crippen molar-refractivity contribution in [2.75, 3.05) is 22.5 Å².